The number of nitrogens with zero attached hydrogens (tertiary/aromatic N) is 3. The van der Waals surface area contributed by atoms with E-state index < -0.39 is 75.4 Å². The number of carbonyl (C=O) groups excluding carboxylic acids is 4. The number of aromatic hydroxyl groups is 1. The van der Waals surface area contributed by atoms with Gasteiger partial charge in [0.25, 0.3) is 11.8 Å². The first-order chi connectivity index (χ1) is 26.7. The predicted molar refractivity (Wildman–Crippen MR) is 200 cm³/mol. The number of benzene rings is 3. The molecule has 3 aromatic carbocycles. The first-order valence-corrected chi connectivity index (χ1v) is 18.7. The topological polar surface area (TPSA) is 129 Å². The van der Waals surface area contributed by atoms with E-state index in [0.29, 0.717) is 49.7 Å². The van der Waals surface area contributed by atoms with Crippen molar-refractivity contribution in [3.8, 4) is 11.5 Å². The second-order valence-electron chi connectivity index (χ2n) is 14.1. The molecule has 3 fully saturated rings. The van der Waals surface area contributed by atoms with Crippen LogP contribution in [0.1, 0.15) is 42.4 Å². The first kappa shape index (κ1) is 37.8. The summed E-state index contributed by atoms with van der Waals surface area (Å²) in [7, 11) is 0. The molecule has 0 bridgehead atoms. The normalized spacial score (nSPS) is 25.8. The number of pyridine rings is 1. The number of imide groups is 2. The molecule has 2 N–H and O–H groups in total. The Morgan fingerprint density at radius 1 is 0.911 bits per heavy atom. The molecule has 0 spiro atoms. The molecule has 1 saturated carbocycles. The van der Waals surface area contributed by atoms with Gasteiger partial charge >= 0.3 is 6.18 Å². The Morgan fingerprint density at radius 3 is 2.23 bits per heavy atom. The number of aromatic nitrogens is 1. The number of nitrogens with one attached hydrogen (secondary N) is 1. The number of ether oxygens (including phenoxy) is 1. The van der Waals surface area contributed by atoms with Gasteiger partial charge in [0.05, 0.1) is 46.0 Å². The number of amides is 4. The van der Waals surface area contributed by atoms with Gasteiger partial charge in [-0.25, -0.2) is 4.98 Å². The van der Waals surface area contributed by atoms with Gasteiger partial charge in [0.15, 0.2) is 17.3 Å². The van der Waals surface area contributed by atoms with E-state index in [1.54, 1.807) is 67.6 Å². The second kappa shape index (κ2) is 13.8. The fraction of sp³-hybridized carbons (Fsp3) is 0.275. The summed E-state index contributed by atoms with van der Waals surface area (Å²) in [6.07, 6.45) is -2.29. The Hall–Kier alpha value is -5.11. The number of hydrogen-bond donors (Lipinski definition) is 2. The van der Waals surface area contributed by atoms with Crippen LogP contribution in [0, 0.1) is 23.7 Å². The van der Waals surface area contributed by atoms with Crippen LogP contribution in [0.15, 0.2) is 90.6 Å². The minimum atomic E-state index is -4.76. The molecule has 0 radical (unpaired) electrons. The Kier molecular flexibility index (Phi) is 9.33. The third kappa shape index (κ3) is 5.81. The second-order valence-corrected chi connectivity index (χ2v) is 15.3. The fourth-order valence-electron chi connectivity index (χ4n) is 8.98. The van der Waals surface area contributed by atoms with Crippen molar-refractivity contribution in [3.05, 3.63) is 122 Å². The number of hydrogen-bond acceptors (Lipinski definition) is 8. The lowest BCUT2D eigenvalue weighted by molar-refractivity contribution is -0.139. The van der Waals surface area contributed by atoms with Gasteiger partial charge in [-0.2, -0.15) is 18.2 Å². The van der Waals surface area contributed by atoms with Gasteiger partial charge in [-0.05, 0) is 91.4 Å². The van der Waals surface area contributed by atoms with Crippen LogP contribution < -0.4 is 15.1 Å². The summed E-state index contributed by atoms with van der Waals surface area (Å²) in [6, 6.07) is 17.9. The van der Waals surface area contributed by atoms with Gasteiger partial charge in [0.1, 0.15) is 0 Å². The van der Waals surface area contributed by atoms with E-state index in [4.69, 9.17) is 39.5 Å². The van der Waals surface area contributed by atoms with Gasteiger partial charge in [-0.3, -0.25) is 29.5 Å². The summed E-state index contributed by atoms with van der Waals surface area (Å²) in [4.78, 5) is 63.7. The van der Waals surface area contributed by atoms with Crippen LogP contribution in [0.3, 0.4) is 0 Å². The Balaban J connectivity index is 1.32. The molecule has 0 unspecified atom stereocenters. The van der Waals surface area contributed by atoms with E-state index in [9.17, 15) is 32.7 Å². The summed E-state index contributed by atoms with van der Waals surface area (Å²) in [5.41, 5.74) is 1.52. The molecule has 56 heavy (non-hydrogen) atoms. The van der Waals surface area contributed by atoms with Crippen LogP contribution in [-0.2, 0) is 30.8 Å². The maximum atomic E-state index is 15.4. The zero-order valence-electron chi connectivity index (χ0n) is 29.2. The van der Waals surface area contributed by atoms with Gasteiger partial charge in [-0.15, -0.1) is 0 Å². The summed E-state index contributed by atoms with van der Waals surface area (Å²) in [5, 5.41) is 11.7. The van der Waals surface area contributed by atoms with Crippen molar-refractivity contribution in [2.24, 2.45) is 23.7 Å². The van der Waals surface area contributed by atoms with Crippen LogP contribution in [-0.4, -0.2) is 45.3 Å². The molecular weight excluding hydrogens is 796 g/mol. The summed E-state index contributed by atoms with van der Waals surface area (Å²) in [6.45, 7) is 1.92. The summed E-state index contributed by atoms with van der Waals surface area (Å²) < 4.78 is 46.3. The highest BCUT2D eigenvalue weighted by atomic mass is 35.5. The van der Waals surface area contributed by atoms with Crippen LogP contribution in [0.5, 0.6) is 11.5 Å². The molecule has 8 rings (SSSR count). The zero-order chi connectivity index (χ0) is 39.8. The van der Waals surface area contributed by atoms with Gasteiger partial charge in [-0.1, -0.05) is 64.7 Å². The number of allylic oxidation sites excluding steroid dienone is 2. The van der Waals surface area contributed by atoms with Crippen molar-refractivity contribution in [3.63, 3.8) is 0 Å². The van der Waals surface area contributed by atoms with E-state index in [-0.39, 0.29) is 36.8 Å². The molecule has 2 aliphatic carbocycles. The molecule has 4 aromatic rings. The van der Waals surface area contributed by atoms with Crippen molar-refractivity contribution < 1.29 is 42.2 Å². The third-order valence-electron chi connectivity index (χ3n) is 11.3. The number of phenols is 1. The largest absolute Gasteiger partial charge is 0.504 e. The number of anilines is 2. The van der Waals surface area contributed by atoms with Gasteiger partial charge in [0, 0.05) is 22.2 Å². The highest BCUT2D eigenvalue weighted by Gasteiger charge is 2.70. The van der Waals surface area contributed by atoms with Crippen LogP contribution in [0.25, 0.3) is 0 Å². The van der Waals surface area contributed by atoms with Gasteiger partial charge in [0.2, 0.25) is 11.8 Å². The number of carbonyl (C=O) groups is 4. The van der Waals surface area contributed by atoms with Crippen molar-refractivity contribution in [2.45, 2.75) is 37.3 Å². The average Bonchev–Trinajstić information content (AvgIpc) is 3.54. The molecule has 16 heteroatoms. The van der Waals surface area contributed by atoms with Crippen molar-refractivity contribution in [1.82, 2.24) is 9.99 Å². The number of rotatable bonds is 7. The molecule has 3 heterocycles. The zero-order valence-corrected chi connectivity index (χ0v) is 31.5. The molecule has 10 nitrogen and oxygen atoms in total. The van der Waals surface area contributed by atoms with Crippen molar-refractivity contribution in [2.75, 3.05) is 16.9 Å². The number of halogens is 6. The lowest BCUT2D eigenvalue weighted by atomic mass is 9.49. The molecule has 2 saturated heterocycles. The van der Waals surface area contributed by atoms with E-state index in [0.717, 1.165) is 4.90 Å². The lowest BCUT2D eigenvalue weighted by Crippen LogP contribution is -2.53. The smallest absolute Gasteiger partial charge is 0.417 e. The third-order valence-corrected chi connectivity index (χ3v) is 12.1. The summed E-state index contributed by atoms with van der Waals surface area (Å²) >= 11 is 18.7. The predicted octanol–water partition coefficient (Wildman–Crippen LogP) is 8.35. The Bertz CT molecular complexity index is 2340. The monoisotopic (exact) mass is 824 g/mol. The molecule has 2 aliphatic heterocycles. The highest BCUT2D eigenvalue weighted by molar-refractivity contribution is 6.33. The van der Waals surface area contributed by atoms with E-state index >= 15 is 4.79 Å². The van der Waals surface area contributed by atoms with Crippen LogP contribution in [0.2, 0.25) is 15.1 Å². The summed E-state index contributed by atoms with van der Waals surface area (Å²) in [5.74, 6) is -7.48. The van der Waals surface area contributed by atoms with E-state index in [1.807, 2.05) is 6.08 Å². The van der Waals surface area contributed by atoms with E-state index in [1.165, 1.54) is 6.07 Å². The van der Waals surface area contributed by atoms with Gasteiger partial charge < -0.3 is 9.84 Å². The molecular formula is C40H30Cl3F3N4O6. The standard InChI is InChI=1S/C40H30Cl3F3N4O6/c1-2-56-31-15-19(3-14-30(31)51)33-25-12-13-26-32(37(54)49(35(26)52)24-10-8-23(42)9-11-24)27(25)17-28-36(53)50(38(55)39(28,33)20-4-6-22(41)7-5-20)48-34-29(43)16-21(18-47-34)40(44,45)46/h3-12,14-16,18,26-28,32-33,51H,2,13,17H2,1H3,(H,47,48)/t26-,27+,28-,32-,33-,39+/m0/s1. The Labute approximate surface area is 332 Å². The number of phenolic OH excluding ortho intramolecular Hbond substituents is 1. The minimum Gasteiger partial charge on any atom is -0.504 e. The van der Waals surface area contributed by atoms with Crippen molar-refractivity contribution >= 4 is 69.9 Å². The average molecular weight is 826 g/mol. The number of hydrazine groups is 1. The lowest BCUT2D eigenvalue weighted by Gasteiger charge is -2.50. The fourth-order valence-corrected chi connectivity index (χ4v) is 9.44. The Morgan fingerprint density at radius 2 is 1.59 bits per heavy atom. The first-order valence-electron chi connectivity index (χ1n) is 17.6. The SMILES string of the molecule is CCOc1cc([C@H]2C3=CC[C@@H]4C(=O)N(c5ccc(Cl)cc5)C(=O)[C@@H]4[C@@H]3C[C@H]3C(=O)N(Nc4ncc(C(F)(F)F)cc4Cl)C(=O)[C@@]23c2ccc(Cl)cc2)ccc1O. The molecule has 1 aromatic heterocycles. The van der Waals surface area contributed by atoms with Crippen LogP contribution >= 0.6 is 34.8 Å². The maximum Gasteiger partial charge on any atom is 0.417 e. The molecule has 4 aliphatic rings. The quantitative estimate of drug-likeness (QED) is 0.141. The number of fused-ring (bicyclic) bond motifs is 4. The minimum absolute atomic E-state index is 0.0626. The van der Waals surface area contributed by atoms with E-state index in [2.05, 4.69) is 10.4 Å². The van der Waals surface area contributed by atoms with Crippen LogP contribution in [0.4, 0.5) is 24.7 Å². The molecule has 6 atom stereocenters. The highest BCUT2D eigenvalue weighted by Crippen LogP contribution is 2.64. The van der Waals surface area contributed by atoms with Crippen molar-refractivity contribution in [1.29, 1.82) is 0 Å². The molecule has 288 valence electrons. The maximum absolute atomic E-state index is 15.4. The number of alkyl halides is 3. The molecule has 4 amide bonds.